The Bertz CT molecular complexity index is 490. The Labute approximate surface area is 109 Å². The molecule has 6 heteroatoms. The van der Waals surface area contributed by atoms with E-state index < -0.39 is 0 Å². The Balaban J connectivity index is 2.34. The van der Waals surface area contributed by atoms with E-state index in [-0.39, 0.29) is 11.9 Å². The van der Waals surface area contributed by atoms with Crippen molar-refractivity contribution in [2.24, 2.45) is 0 Å². The first-order chi connectivity index (χ1) is 8.00. The molecule has 1 heterocycles. The van der Waals surface area contributed by atoms with Crippen molar-refractivity contribution in [2.75, 3.05) is 18.5 Å². The molecule has 0 aliphatic carbocycles. The van der Waals surface area contributed by atoms with E-state index in [1.165, 1.54) is 11.9 Å². The summed E-state index contributed by atoms with van der Waals surface area (Å²) >= 11 is 11.8. The van der Waals surface area contributed by atoms with Crippen LogP contribution in [-0.2, 0) is 4.79 Å². The zero-order valence-electron chi connectivity index (χ0n) is 9.11. The fraction of sp³-hybridized carbons (Fsp3) is 0.273. The molecule has 90 valence electrons. The van der Waals surface area contributed by atoms with E-state index in [1.54, 1.807) is 18.2 Å². The number of urea groups is 1. The van der Waals surface area contributed by atoms with Gasteiger partial charge in [0.2, 0.25) is 5.91 Å². The normalized spacial score (nSPS) is 16.6. The number of carbonyl (C=O) groups excluding carboxylic acids is 2. The quantitative estimate of drug-likeness (QED) is 0.789. The number of anilines is 1. The van der Waals surface area contributed by atoms with Crippen LogP contribution in [0.25, 0.3) is 0 Å². The molecule has 1 fully saturated rings. The van der Waals surface area contributed by atoms with Crippen molar-refractivity contribution in [1.82, 2.24) is 4.90 Å². The topological polar surface area (TPSA) is 40.6 Å². The predicted octanol–water partition coefficient (Wildman–Crippen LogP) is 2.78. The minimum atomic E-state index is -0.370. The van der Waals surface area contributed by atoms with Gasteiger partial charge in [0.1, 0.15) is 0 Å². The van der Waals surface area contributed by atoms with Gasteiger partial charge < -0.3 is 0 Å². The lowest BCUT2D eigenvalue weighted by Crippen LogP contribution is -2.50. The fourth-order valence-corrected chi connectivity index (χ4v) is 2.19. The maximum atomic E-state index is 11.9. The number of hydrogen-bond acceptors (Lipinski definition) is 2. The Morgan fingerprint density at radius 1 is 1.24 bits per heavy atom. The highest BCUT2D eigenvalue weighted by atomic mass is 35.5. The van der Waals surface area contributed by atoms with Crippen LogP contribution in [0.5, 0.6) is 0 Å². The number of rotatable bonds is 1. The Kier molecular flexibility index (Phi) is 3.26. The summed E-state index contributed by atoms with van der Waals surface area (Å²) in [5.41, 5.74) is 0.570. The second kappa shape index (κ2) is 4.55. The van der Waals surface area contributed by atoms with Crippen LogP contribution in [0.3, 0.4) is 0 Å². The van der Waals surface area contributed by atoms with Crippen molar-refractivity contribution < 1.29 is 9.59 Å². The van der Waals surface area contributed by atoms with Gasteiger partial charge in [-0.25, -0.2) is 4.79 Å². The fourth-order valence-electron chi connectivity index (χ4n) is 1.68. The summed E-state index contributed by atoms with van der Waals surface area (Å²) in [4.78, 5) is 25.8. The average Bonchev–Trinajstić information content (AvgIpc) is 2.28. The van der Waals surface area contributed by atoms with Crippen LogP contribution in [0, 0.1) is 0 Å². The zero-order valence-corrected chi connectivity index (χ0v) is 10.6. The van der Waals surface area contributed by atoms with Crippen LogP contribution in [0.15, 0.2) is 18.2 Å². The first-order valence-corrected chi connectivity index (χ1v) is 5.79. The summed E-state index contributed by atoms with van der Waals surface area (Å²) in [6.07, 6.45) is 0.293. The molecule has 1 aliphatic rings. The Morgan fingerprint density at radius 2 is 1.94 bits per heavy atom. The largest absolute Gasteiger partial charge is 0.330 e. The molecule has 1 aliphatic heterocycles. The molecule has 1 aromatic carbocycles. The second-order valence-electron chi connectivity index (χ2n) is 3.73. The molecule has 3 amide bonds. The van der Waals surface area contributed by atoms with E-state index in [9.17, 15) is 9.59 Å². The third kappa shape index (κ3) is 2.23. The number of imide groups is 1. The molecule has 4 nitrogen and oxygen atoms in total. The lowest BCUT2D eigenvalue weighted by atomic mass is 10.2. The van der Waals surface area contributed by atoms with Crippen molar-refractivity contribution in [1.29, 1.82) is 0 Å². The van der Waals surface area contributed by atoms with E-state index in [2.05, 4.69) is 0 Å². The molecule has 0 unspecified atom stereocenters. The summed E-state index contributed by atoms with van der Waals surface area (Å²) < 4.78 is 0. The lowest BCUT2D eigenvalue weighted by molar-refractivity contribution is -0.127. The molecule has 0 N–H and O–H groups in total. The molecule has 0 atom stereocenters. The lowest BCUT2D eigenvalue weighted by Gasteiger charge is -2.32. The molecule has 0 saturated carbocycles. The van der Waals surface area contributed by atoms with Crippen LogP contribution in [0.1, 0.15) is 6.42 Å². The SMILES string of the molecule is CN1C(=O)CCN(c2ccc(Cl)cc2Cl)C1=O. The molecule has 17 heavy (non-hydrogen) atoms. The molecule has 2 rings (SSSR count). The summed E-state index contributed by atoms with van der Waals surface area (Å²) in [6.45, 7) is 0.337. The molecule has 0 spiro atoms. The van der Waals surface area contributed by atoms with Gasteiger partial charge in [-0.1, -0.05) is 23.2 Å². The third-order valence-electron chi connectivity index (χ3n) is 2.64. The van der Waals surface area contributed by atoms with Crippen molar-refractivity contribution >= 4 is 40.8 Å². The monoisotopic (exact) mass is 272 g/mol. The number of benzene rings is 1. The van der Waals surface area contributed by atoms with Gasteiger partial charge in [0.25, 0.3) is 0 Å². The molecular weight excluding hydrogens is 263 g/mol. The predicted molar refractivity (Wildman–Crippen MR) is 66.6 cm³/mol. The van der Waals surface area contributed by atoms with Gasteiger partial charge in [0, 0.05) is 25.0 Å². The van der Waals surface area contributed by atoms with Gasteiger partial charge >= 0.3 is 6.03 Å². The number of halogens is 2. The van der Waals surface area contributed by atoms with E-state index in [4.69, 9.17) is 23.2 Å². The van der Waals surface area contributed by atoms with Gasteiger partial charge in [0.15, 0.2) is 0 Å². The van der Waals surface area contributed by atoms with Crippen LogP contribution in [0.2, 0.25) is 10.0 Å². The van der Waals surface area contributed by atoms with Crippen LogP contribution in [-0.4, -0.2) is 30.4 Å². The number of hydrogen-bond donors (Lipinski definition) is 0. The first kappa shape index (κ1) is 12.2. The highest BCUT2D eigenvalue weighted by molar-refractivity contribution is 6.36. The maximum Gasteiger partial charge on any atom is 0.330 e. The van der Waals surface area contributed by atoms with Crippen LogP contribution >= 0.6 is 23.2 Å². The smallest absolute Gasteiger partial charge is 0.292 e. The third-order valence-corrected chi connectivity index (χ3v) is 3.18. The number of amides is 3. The molecule has 0 bridgehead atoms. The zero-order chi connectivity index (χ0) is 12.6. The minimum Gasteiger partial charge on any atom is -0.292 e. The number of carbonyl (C=O) groups is 2. The van der Waals surface area contributed by atoms with E-state index >= 15 is 0 Å². The van der Waals surface area contributed by atoms with E-state index in [0.717, 1.165) is 4.90 Å². The summed E-state index contributed by atoms with van der Waals surface area (Å²) in [5.74, 6) is -0.184. The van der Waals surface area contributed by atoms with Gasteiger partial charge in [0.05, 0.1) is 10.7 Å². The summed E-state index contributed by atoms with van der Waals surface area (Å²) in [6, 6.07) is 4.53. The van der Waals surface area contributed by atoms with Gasteiger partial charge in [-0.3, -0.25) is 14.6 Å². The second-order valence-corrected chi connectivity index (χ2v) is 4.58. The van der Waals surface area contributed by atoms with Crippen LogP contribution in [0.4, 0.5) is 10.5 Å². The molecular formula is C11H10Cl2N2O2. The first-order valence-electron chi connectivity index (χ1n) is 5.04. The van der Waals surface area contributed by atoms with Crippen molar-refractivity contribution in [3.8, 4) is 0 Å². The van der Waals surface area contributed by atoms with Gasteiger partial charge in [-0.15, -0.1) is 0 Å². The highest BCUT2D eigenvalue weighted by Crippen LogP contribution is 2.30. The summed E-state index contributed by atoms with van der Waals surface area (Å²) in [7, 11) is 1.46. The number of nitrogens with zero attached hydrogens (tertiary/aromatic N) is 2. The molecule has 0 aromatic heterocycles. The Hall–Kier alpha value is -1.26. The standard InChI is InChI=1S/C11H10Cl2N2O2/c1-14-10(16)4-5-15(11(14)17)9-3-2-7(12)6-8(9)13/h2-3,6H,4-5H2,1H3. The molecule has 0 radical (unpaired) electrons. The van der Waals surface area contributed by atoms with E-state index in [1.807, 2.05) is 0 Å². The van der Waals surface area contributed by atoms with E-state index in [0.29, 0.717) is 28.7 Å². The molecule has 1 saturated heterocycles. The van der Waals surface area contributed by atoms with Crippen molar-refractivity contribution in [2.45, 2.75) is 6.42 Å². The maximum absolute atomic E-state index is 11.9. The highest BCUT2D eigenvalue weighted by Gasteiger charge is 2.30. The molecule has 1 aromatic rings. The van der Waals surface area contributed by atoms with Crippen LogP contribution < -0.4 is 4.90 Å². The van der Waals surface area contributed by atoms with Crippen molar-refractivity contribution in [3.05, 3.63) is 28.2 Å². The van der Waals surface area contributed by atoms with Crippen molar-refractivity contribution in [3.63, 3.8) is 0 Å². The van der Waals surface area contributed by atoms with Gasteiger partial charge in [-0.2, -0.15) is 0 Å². The average molecular weight is 273 g/mol. The minimum absolute atomic E-state index is 0.184. The Morgan fingerprint density at radius 3 is 2.59 bits per heavy atom. The van der Waals surface area contributed by atoms with Gasteiger partial charge in [-0.05, 0) is 18.2 Å². The summed E-state index contributed by atoms with van der Waals surface area (Å²) in [5, 5.41) is 0.904.